The summed E-state index contributed by atoms with van der Waals surface area (Å²) in [6.45, 7) is 4.86. The second-order valence-corrected chi connectivity index (χ2v) is 8.39. The number of rotatable bonds is 11. The van der Waals surface area contributed by atoms with Crippen LogP contribution in [0.4, 0.5) is 0 Å². The number of thiophene rings is 1. The summed E-state index contributed by atoms with van der Waals surface area (Å²) in [6.07, 6.45) is 1.61. The van der Waals surface area contributed by atoms with Crippen LogP contribution in [0.3, 0.4) is 0 Å². The first-order valence-electron chi connectivity index (χ1n) is 10.5. The number of hydrogen-bond donors (Lipinski definition) is 0. The van der Waals surface area contributed by atoms with Gasteiger partial charge in [0.2, 0.25) is 5.91 Å². The Balaban J connectivity index is 1.82. The predicted octanol–water partition coefficient (Wildman–Crippen LogP) is 4.62. The Morgan fingerprint density at radius 1 is 0.970 bits per heavy atom. The van der Waals surface area contributed by atoms with E-state index in [9.17, 15) is 9.59 Å². The highest BCUT2D eigenvalue weighted by atomic mass is 32.1. The van der Waals surface area contributed by atoms with Gasteiger partial charge in [-0.2, -0.15) is 0 Å². The summed E-state index contributed by atoms with van der Waals surface area (Å²) in [5, 5.41) is 1.99. The monoisotopic (exact) mass is 464 g/mol. The first kappa shape index (κ1) is 24.1. The maximum Gasteiger partial charge on any atom is 0.258 e. The van der Waals surface area contributed by atoms with E-state index in [0.717, 1.165) is 10.4 Å². The van der Waals surface area contributed by atoms with Gasteiger partial charge in [0, 0.05) is 24.0 Å². The number of hydrogen-bond acceptors (Lipinski definition) is 5. The third-order valence-corrected chi connectivity index (χ3v) is 5.96. The minimum absolute atomic E-state index is 0.0712. The van der Waals surface area contributed by atoms with Crippen molar-refractivity contribution in [3.8, 4) is 11.5 Å². The highest BCUT2D eigenvalue weighted by molar-refractivity contribution is 7.09. The maximum absolute atomic E-state index is 13.4. The van der Waals surface area contributed by atoms with Crippen molar-refractivity contribution in [2.24, 2.45) is 0 Å². The SMILES string of the molecule is C=CCN(CC(=O)N(Cc1ccccc1)Cc1cccs1)C(=O)c1ccc(OC)cc1OC. The molecular weight excluding hydrogens is 436 g/mol. The molecule has 3 aromatic rings. The van der Waals surface area contributed by atoms with Crippen LogP contribution in [0, 0.1) is 0 Å². The van der Waals surface area contributed by atoms with Crippen molar-refractivity contribution >= 4 is 23.2 Å². The molecule has 0 bridgehead atoms. The molecule has 0 N–H and O–H groups in total. The third-order valence-electron chi connectivity index (χ3n) is 5.10. The number of methoxy groups -OCH3 is 2. The zero-order valence-corrected chi connectivity index (χ0v) is 19.7. The van der Waals surface area contributed by atoms with Gasteiger partial charge in [0.25, 0.3) is 5.91 Å². The molecule has 33 heavy (non-hydrogen) atoms. The van der Waals surface area contributed by atoms with Crippen LogP contribution in [0.5, 0.6) is 11.5 Å². The summed E-state index contributed by atoms with van der Waals surface area (Å²) < 4.78 is 10.6. The summed E-state index contributed by atoms with van der Waals surface area (Å²) >= 11 is 1.60. The summed E-state index contributed by atoms with van der Waals surface area (Å²) in [5.74, 6) is 0.522. The van der Waals surface area contributed by atoms with E-state index in [1.54, 1.807) is 47.6 Å². The standard InChI is InChI=1S/C26H28N2O4S/c1-4-14-27(26(30)23-13-12-21(31-2)16-24(23)32-3)19-25(29)28(18-22-11-8-15-33-22)17-20-9-6-5-7-10-20/h4-13,15-16H,1,14,17-19H2,2-3H3. The van der Waals surface area contributed by atoms with Crippen LogP contribution < -0.4 is 9.47 Å². The minimum atomic E-state index is -0.307. The van der Waals surface area contributed by atoms with Crippen molar-refractivity contribution in [2.45, 2.75) is 13.1 Å². The number of amides is 2. The van der Waals surface area contributed by atoms with E-state index >= 15 is 0 Å². The summed E-state index contributed by atoms with van der Waals surface area (Å²) in [5.41, 5.74) is 1.39. The van der Waals surface area contributed by atoms with Crippen molar-refractivity contribution in [3.05, 3.63) is 94.7 Å². The van der Waals surface area contributed by atoms with Crippen LogP contribution in [0.15, 0.2) is 78.7 Å². The van der Waals surface area contributed by atoms with Crippen molar-refractivity contribution in [1.82, 2.24) is 9.80 Å². The summed E-state index contributed by atoms with van der Waals surface area (Å²) in [6, 6.07) is 18.8. The van der Waals surface area contributed by atoms with Gasteiger partial charge < -0.3 is 19.3 Å². The van der Waals surface area contributed by atoms with Gasteiger partial charge in [0.15, 0.2) is 0 Å². The molecule has 172 valence electrons. The molecule has 1 heterocycles. The second kappa shape index (κ2) is 11.9. The first-order chi connectivity index (χ1) is 16.0. The Bertz CT molecular complexity index is 1070. The molecule has 0 saturated carbocycles. The van der Waals surface area contributed by atoms with Crippen LogP contribution in [0.1, 0.15) is 20.8 Å². The van der Waals surface area contributed by atoms with Gasteiger partial charge in [-0.05, 0) is 29.1 Å². The van der Waals surface area contributed by atoms with Crippen molar-refractivity contribution < 1.29 is 19.1 Å². The van der Waals surface area contributed by atoms with E-state index in [1.165, 1.54) is 12.0 Å². The zero-order chi connectivity index (χ0) is 23.6. The van der Waals surface area contributed by atoms with Crippen LogP contribution in [-0.4, -0.2) is 48.9 Å². The topological polar surface area (TPSA) is 59.1 Å². The second-order valence-electron chi connectivity index (χ2n) is 7.36. The molecule has 0 atom stereocenters. The molecule has 0 saturated heterocycles. The van der Waals surface area contributed by atoms with E-state index in [2.05, 4.69) is 6.58 Å². The van der Waals surface area contributed by atoms with Crippen LogP contribution in [0.25, 0.3) is 0 Å². The van der Waals surface area contributed by atoms with Gasteiger partial charge in [-0.3, -0.25) is 9.59 Å². The van der Waals surface area contributed by atoms with Crippen molar-refractivity contribution in [3.63, 3.8) is 0 Å². The van der Waals surface area contributed by atoms with Gasteiger partial charge in [0.05, 0.1) is 26.3 Å². The Morgan fingerprint density at radius 2 is 1.76 bits per heavy atom. The lowest BCUT2D eigenvalue weighted by molar-refractivity contribution is -0.133. The van der Waals surface area contributed by atoms with E-state index in [4.69, 9.17) is 9.47 Å². The molecule has 1 aromatic heterocycles. The lowest BCUT2D eigenvalue weighted by atomic mass is 10.1. The van der Waals surface area contributed by atoms with Gasteiger partial charge in [-0.15, -0.1) is 17.9 Å². The van der Waals surface area contributed by atoms with E-state index < -0.39 is 0 Å². The number of ether oxygens (including phenoxy) is 2. The lowest BCUT2D eigenvalue weighted by Crippen LogP contribution is -2.42. The fraction of sp³-hybridized carbons (Fsp3) is 0.231. The largest absolute Gasteiger partial charge is 0.497 e. The van der Waals surface area contributed by atoms with E-state index in [0.29, 0.717) is 30.2 Å². The predicted molar refractivity (Wildman–Crippen MR) is 131 cm³/mol. The van der Waals surface area contributed by atoms with Gasteiger partial charge in [0.1, 0.15) is 18.0 Å². The first-order valence-corrected chi connectivity index (χ1v) is 11.4. The molecule has 7 heteroatoms. The number of benzene rings is 2. The Labute approximate surface area is 198 Å². The van der Waals surface area contributed by atoms with Crippen molar-refractivity contribution in [1.29, 1.82) is 0 Å². The molecule has 0 radical (unpaired) electrons. The summed E-state index contributed by atoms with van der Waals surface area (Å²) in [7, 11) is 3.05. The maximum atomic E-state index is 13.4. The third kappa shape index (κ3) is 6.46. The Kier molecular flexibility index (Phi) is 8.66. The number of carbonyl (C=O) groups excluding carboxylic acids is 2. The quantitative estimate of drug-likeness (QED) is 0.389. The number of nitrogens with zero attached hydrogens (tertiary/aromatic N) is 2. The average molecular weight is 465 g/mol. The molecule has 3 rings (SSSR count). The van der Waals surface area contributed by atoms with Crippen LogP contribution in [0.2, 0.25) is 0 Å². The summed E-state index contributed by atoms with van der Waals surface area (Å²) in [4.78, 5) is 31.1. The lowest BCUT2D eigenvalue weighted by Gasteiger charge is -2.27. The smallest absolute Gasteiger partial charge is 0.258 e. The molecule has 0 spiro atoms. The fourth-order valence-corrected chi connectivity index (χ4v) is 4.13. The van der Waals surface area contributed by atoms with Gasteiger partial charge in [-0.1, -0.05) is 42.5 Å². The Hall–Kier alpha value is -3.58. The number of carbonyl (C=O) groups is 2. The molecule has 0 aliphatic rings. The minimum Gasteiger partial charge on any atom is -0.497 e. The molecule has 0 aliphatic heterocycles. The molecular formula is C26H28N2O4S. The van der Waals surface area contributed by atoms with Crippen LogP contribution in [-0.2, 0) is 17.9 Å². The van der Waals surface area contributed by atoms with Gasteiger partial charge in [-0.25, -0.2) is 0 Å². The van der Waals surface area contributed by atoms with E-state index in [-0.39, 0.29) is 24.9 Å². The average Bonchev–Trinajstić information content (AvgIpc) is 3.36. The molecule has 0 aliphatic carbocycles. The highest BCUT2D eigenvalue weighted by Crippen LogP contribution is 2.26. The molecule has 6 nitrogen and oxygen atoms in total. The molecule has 0 unspecified atom stereocenters. The van der Waals surface area contributed by atoms with Gasteiger partial charge >= 0.3 is 0 Å². The highest BCUT2D eigenvalue weighted by Gasteiger charge is 2.24. The van der Waals surface area contributed by atoms with Crippen molar-refractivity contribution in [2.75, 3.05) is 27.3 Å². The molecule has 0 fully saturated rings. The zero-order valence-electron chi connectivity index (χ0n) is 18.9. The Morgan fingerprint density at radius 3 is 2.39 bits per heavy atom. The van der Waals surface area contributed by atoms with Crippen LogP contribution >= 0.6 is 11.3 Å². The normalized spacial score (nSPS) is 10.4. The van der Waals surface area contributed by atoms with E-state index in [1.807, 2.05) is 47.8 Å². The molecule has 2 amide bonds. The fourth-order valence-electron chi connectivity index (χ4n) is 3.41. The molecule has 2 aromatic carbocycles.